The highest BCUT2D eigenvalue weighted by Gasteiger charge is 2.30. The predicted octanol–water partition coefficient (Wildman–Crippen LogP) is 1.91. The first kappa shape index (κ1) is 11.4. The molecule has 0 unspecified atom stereocenters. The molecule has 17 heavy (non-hydrogen) atoms. The highest BCUT2D eigenvalue weighted by Crippen LogP contribution is 2.35. The SMILES string of the molecule is C=C1CC(=O)CC(=O)N1c1c(C)cccc1O. The first-order valence-electron chi connectivity index (χ1n) is 5.31. The van der Waals surface area contributed by atoms with Gasteiger partial charge in [0.2, 0.25) is 5.91 Å². The summed E-state index contributed by atoms with van der Waals surface area (Å²) in [4.78, 5) is 24.5. The average molecular weight is 231 g/mol. The second-order valence-electron chi connectivity index (χ2n) is 4.13. The molecule has 88 valence electrons. The molecule has 1 fully saturated rings. The van der Waals surface area contributed by atoms with Crippen molar-refractivity contribution < 1.29 is 14.7 Å². The first-order chi connectivity index (χ1) is 8.00. The molecule has 0 radical (unpaired) electrons. The molecular formula is C13H13NO3. The maximum Gasteiger partial charge on any atom is 0.238 e. The normalized spacial score (nSPS) is 16.5. The van der Waals surface area contributed by atoms with Gasteiger partial charge in [-0.15, -0.1) is 0 Å². The Hall–Kier alpha value is -2.10. The van der Waals surface area contributed by atoms with Crippen LogP contribution in [-0.4, -0.2) is 16.8 Å². The molecule has 1 amide bonds. The Labute approximate surface area is 99.2 Å². The van der Waals surface area contributed by atoms with Crippen molar-refractivity contribution in [3.63, 3.8) is 0 Å². The number of Topliss-reactive ketones (excluding diaryl/α,β-unsaturated/α-hetero) is 1. The van der Waals surface area contributed by atoms with Gasteiger partial charge in [0.15, 0.2) is 0 Å². The number of ketones is 1. The molecule has 1 aromatic carbocycles. The van der Waals surface area contributed by atoms with Gasteiger partial charge in [0.05, 0.1) is 12.1 Å². The van der Waals surface area contributed by atoms with E-state index in [-0.39, 0.29) is 30.3 Å². The van der Waals surface area contributed by atoms with Crippen LogP contribution in [0.1, 0.15) is 18.4 Å². The maximum absolute atomic E-state index is 11.9. The summed E-state index contributed by atoms with van der Waals surface area (Å²) in [5, 5.41) is 9.83. The number of rotatable bonds is 1. The molecule has 1 N–H and O–H groups in total. The van der Waals surface area contributed by atoms with Crippen LogP contribution in [0.15, 0.2) is 30.5 Å². The molecule has 2 rings (SSSR count). The number of piperidine rings is 1. The fourth-order valence-corrected chi connectivity index (χ4v) is 2.01. The van der Waals surface area contributed by atoms with Gasteiger partial charge in [-0.25, -0.2) is 0 Å². The maximum atomic E-state index is 11.9. The number of carbonyl (C=O) groups excluding carboxylic acids is 2. The summed E-state index contributed by atoms with van der Waals surface area (Å²) in [7, 11) is 0. The number of phenols is 1. The minimum Gasteiger partial charge on any atom is -0.506 e. The highest BCUT2D eigenvalue weighted by atomic mass is 16.3. The van der Waals surface area contributed by atoms with Crippen LogP contribution in [0.3, 0.4) is 0 Å². The first-order valence-corrected chi connectivity index (χ1v) is 5.31. The van der Waals surface area contributed by atoms with E-state index in [1.807, 2.05) is 0 Å². The molecule has 4 nitrogen and oxygen atoms in total. The van der Waals surface area contributed by atoms with Crippen LogP contribution in [0, 0.1) is 6.92 Å². The average Bonchev–Trinajstić information content (AvgIpc) is 2.21. The van der Waals surface area contributed by atoms with Crippen molar-refractivity contribution in [2.75, 3.05) is 4.90 Å². The number of aromatic hydroxyl groups is 1. The van der Waals surface area contributed by atoms with E-state index in [1.165, 1.54) is 11.0 Å². The predicted molar refractivity (Wildman–Crippen MR) is 63.7 cm³/mol. The van der Waals surface area contributed by atoms with E-state index in [0.717, 1.165) is 5.56 Å². The number of nitrogens with zero attached hydrogens (tertiary/aromatic N) is 1. The molecule has 4 heteroatoms. The Bertz CT molecular complexity index is 479. The Morgan fingerprint density at radius 1 is 1.29 bits per heavy atom. The minimum absolute atomic E-state index is 0.0221. The monoisotopic (exact) mass is 231 g/mol. The van der Waals surface area contributed by atoms with Gasteiger partial charge in [-0.05, 0) is 18.6 Å². The third-order valence-electron chi connectivity index (χ3n) is 2.76. The summed E-state index contributed by atoms with van der Waals surface area (Å²) in [5.41, 5.74) is 1.61. The molecule has 1 aromatic rings. The lowest BCUT2D eigenvalue weighted by atomic mass is 10.0. The van der Waals surface area contributed by atoms with Crippen LogP contribution >= 0.6 is 0 Å². The van der Waals surface area contributed by atoms with E-state index >= 15 is 0 Å². The zero-order chi connectivity index (χ0) is 12.6. The fourth-order valence-electron chi connectivity index (χ4n) is 2.01. The van der Waals surface area contributed by atoms with Crippen molar-refractivity contribution in [3.05, 3.63) is 36.0 Å². The molecule has 0 atom stereocenters. The van der Waals surface area contributed by atoms with Gasteiger partial charge in [0.1, 0.15) is 11.5 Å². The number of carbonyl (C=O) groups is 2. The van der Waals surface area contributed by atoms with Gasteiger partial charge < -0.3 is 5.11 Å². The largest absolute Gasteiger partial charge is 0.506 e. The van der Waals surface area contributed by atoms with E-state index in [4.69, 9.17) is 0 Å². The van der Waals surface area contributed by atoms with Crippen molar-refractivity contribution in [1.82, 2.24) is 0 Å². The van der Waals surface area contributed by atoms with Gasteiger partial charge in [0, 0.05) is 12.1 Å². The third kappa shape index (κ3) is 1.93. The Kier molecular flexibility index (Phi) is 2.71. The van der Waals surface area contributed by atoms with Crippen LogP contribution in [0.2, 0.25) is 0 Å². The molecule has 1 saturated heterocycles. The molecule has 1 heterocycles. The lowest BCUT2D eigenvalue weighted by Crippen LogP contribution is -2.37. The second-order valence-corrected chi connectivity index (χ2v) is 4.13. The van der Waals surface area contributed by atoms with E-state index < -0.39 is 0 Å². The lowest BCUT2D eigenvalue weighted by molar-refractivity contribution is -0.127. The molecule has 0 aromatic heterocycles. The topological polar surface area (TPSA) is 57.6 Å². The molecule has 0 bridgehead atoms. The number of anilines is 1. The minimum atomic E-state index is -0.337. The molecule has 0 aliphatic carbocycles. The number of amides is 1. The van der Waals surface area contributed by atoms with Gasteiger partial charge in [-0.2, -0.15) is 0 Å². The summed E-state index contributed by atoms with van der Waals surface area (Å²) < 4.78 is 0. The Morgan fingerprint density at radius 3 is 2.59 bits per heavy atom. The summed E-state index contributed by atoms with van der Waals surface area (Å²) in [6, 6.07) is 5.02. The van der Waals surface area contributed by atoms with Crippen molar-refractivity contribution >= 4 is 17.4 Å². The van der Waals surface area contributed by atoms with Crippen LogP contribution < -0.4 is 4.90 Å². The molecule has 0 saturated carbocycles. The molecule has 0 spiro atoms. The number of benzene rings is 1. The summed E-state index contributed by atoms with van der Waals surface area (Å²) >= 11 is 0. The van der Waals surface area contributed by atoms with Crippen LogP contribution in [0.5, 0.6) is 5.75 Å². The molecule has 1 aliphatic rings. The van der Waals surface area contributed by atoms with Crippen molar-refractivity contribution in [2.24, 2.45) is 0 Å². The number of aryl methyl sites for hydroxylation is 1. The van der Waals surface area contributed by atoms with Gasteiger partial charge in [0.25, 0.3) is 0 Å². The van der Waals surface area contributed by atoms with Gasteiger partial charge in [-0.1, -0.05) is 18.7 Å². The van der Waals surface area contributed by atoms with Crippen LogP contribution in [0.4, 0.5) is 5.69 Å². The number of allylic oxidation sites excluding steroid dienone is 1. The van der Waals surface area contributed by atoms with Gasteiger partial charge in [-0.3, -0.25) is 14.5 Å². The second kappa shape index (κ2) is 4.05. The van der Waals surface area contributed by atoms with E-state index in [9.17, 15) is 14.7 Å². The zero-order valence-electron chi connectivity index (χ0n) is 9.56. The van der Waals surface area contributed by atoms with E-state index in [1.54, 1.807) is 19.1 Å². The smallest absolute Gasteiger partial charge is 0.238 e. The van der Waals surface area contributed by atoms with Crippen LogP contribution in [-0.2, 0) is 9.59 Å². The molecule has 1 aliphatic heterocycles. The van der Waals surface area contributed by atoms with Crippen molar-refractivity contribution in [2.45, 2.75) is 19.8 Å². The summed E-state index contributed by atoms with van der Waals surface area (Å²) in [5.74, 6) is -0.450. The van der Waals surface area contributed by atoms with E-state index in [2.05, 4.69) is 6.58 Å². The summed E-state index contributed by atoms with van der Waals surface area (Å²) in [6.07, 6.45) is 0.0201. The number of para-hydroxylation sites is 1. The fraction of sp³-hybridized carbons (Fsp3) is 0.231. The lowest BCUT2D eigenvalue weighted by Gasteiger charge is -2.29. The highest BCUT2D eigenvalue weighted by molar-refractivity contribution is 6.12. The summed E-state index contributed by atoms with van der Waals surface area (Å²) in [6.45, 7) is 5.53. The Morgan fingerprint density at radius 2 is 2.00 bits per heavy atom. The van der Waals surface area contributed by atoms with E-state index in [0.29, 0.717) is 11.4 Å². The quantitative estimate of drug-likeness (QED) is 0.751. The van der Waals surface area contributed by atoms with Crippen LogP contribution in [0.25, 0.3) is 0 Å². The number of phenolic OH excluding ortho intramolecular Hbond substituents is 1. The number of hydrogen-bond acceptors (Lipinski definition) is 3. The Balaban J connectivity index is 2.49. The zero-order valence-corrected chi connectivity index (χ0v) is 9.56. The van der Waals surface area contributed by atoms with Crippen molar-refractivity contribution in [3.8, 4) is 5.75 Å². The molecular weight excluding hydrogens is 218 g/mol. The third-order valence-corrected chi connectivity index (χ3v) is 2.76. The number of hydrogen-bond donors (Lipinski definition) is 1. The van der Waals surface area contributed by atoms with Crippen molar-refractivity contribution in [1.29, 1.82) is 0 Å². The standard InChI is InChI=1S/C13H13NO3/c1-8-4-3-5-11(16)13(8)14-9(2)6-10(15)7-12(14)17/h3-5,16H,2,6-7H2,1H3. The van der Waals surface area contributed by atoms with Gasteiger partial charge >= 0.3 is 0 Å².